The van der Waals surface area contributed by atoms with Gasteiger partial charge in [-0.15, -0.1) is 0 Å². The summed E-state index contributed by atoms with van der Waals surface area (Å²) in [5, 5.41) is 0.473. The number of nitrogens with one attached hydrogen (secondary N) is 2. The molecule has 0 aliphatic rings. The molecule has 0 unspecified atom stereocenters. The van der Waals surface area contributed by atoms with Gasteiger partial charge in [-0.2, -0.15) is 9.97 Å². The van der Waals surface area contributed by atoms with Gasteiger partial charge >= 0.3 is 5.69 Å². The van der Waals surface area contributed by atoms with Crippen molar-refractivity contribution in [3.63, 3.8) is 0 Å². The minimum Gasteiger partial charge on any atom is -0.298 e. The van der Waals surface area contributed by atoms with Gasteiger partial charge in [0.15, 0.2) is 0 Å². The molecular formula is C17H16ClN5O. The van der Waals surface area contributed by atoms with Crippen molar-refractivity contribution in [1.29, 1.82) is 0 Å². The van der Waals surface area contributed by atoms with Crippen molar-refractivity contribution in [2.24, 2.45) is 0 Å². The Labute approximate surface area is 144 Å². The third kappa shape index (κ3) is 3.38. The molecule has 1 heterocycles. The Morgan fingerprint density at radius 1 is 1.00 bits per heavy atom. The van der Waals surface area contributed by atoms with E-state index in [9.17, 15) is 4.79 Å². The van der Waals surface area contributed by atoms with Crippen molar-refractivity contribution in [3.05, 3.63) is 75.9 Å². The van der Waals surface area contributed by atoms with E-state index in [0.29, 0.717) is 23.0 Å². The van der Waals surface area contributed by atoms with Crippen LogP contribution in [0.25, 0.3) is 5.69 Å². The van der Waals surface area contributed by atoms with Crippen LogP contribution in [-0.4, -0.2) is 14.5 Å². The Morgan fingerprint density at radius 2 is 1.71 bits per heavy atom. The van der Waals surface area contributed by atoms with E-state index in [-0.39, 0.29) is 5.95 Å². The van der Waals surface area contributed by atoms with Gasteiger partial charge in [-0.3, -0.25) is 10.9 Å². The molecule has 3 aromatic rings. The maximum absolute atomic E-state index is 12.5. The summed E-state index contributed by atoms with van der Waals surface area (Å²) in [5.74, 6) is 0.782. The van der Waals surface area contributed by atoms with Crippen LogP contribution in [0.4, 0.5) is 11.6 Å². The van der Waals surface area contributed by atoms with Gasteiger partial charge in [0.2, 0.25) is 5.95 Å². The normalized spacial score (nSPS) is 10.4. The standard InChI is InChI=1S/C17H16ClN5O/c1-2-15-19-16(22-21-12-8-4-3-5-9-12)20-17(24)23(15)14-11-7-6-10-13(14)18/h3-11,21H,2H2,1H3,(H,20,22,24). The summed E-state index contributed by atoms with van der Waals surface area (Å²) in [5.41, 5.74) is 6.79. The number of halogens is 1. The number of aromatic nitrogens is 3. The molecule has 0 radical (unpaired) electrons. The van der Waals surface area contributed by atoms with Gasteiger partial charge < -0.3 is 0 Å². The lowest BCUT2D eigenvalue weighted by Crippen LogP contribution is -2.28. The van der Waals surface area contributed by atoms with E-state index in [1.165, 1.54) is 4.57 Å². The Hall–Kier alpha value is -2.86. The van der Waals surface area contributed by atoms with Gasteiger partial charge in [-0.05, 0) is 24.3 Å². The van der Waals surface area contributed by atoms with Gasteiger partial charge in [0.1, 0.15) is 5.82 Å². The lowest BCUT2D eigenvalue weighted by atomic mass is 10.3. The average molecular weight is 342 g/mol. The van der Waals surface area contributed by atoms with Crippen molar-refractivity contribution in [3.8, 4) is 5.69 Å². The van der Waals surface area contributed by atoms with E-state index in [0.717, 1.165) is 5.69 Å². The second kappa shape index (κ2) is 7.14. The van der Waals surface area contributed by atoms with Crippen LogP contribution in [-0.2, 0) is 6.42 Å². The summed E-state index contributed by atoms with van der Waals surface area (Å²) in [6.45, 7) is 1.92. The first-order valence-electron chi connectivity index (χ1n) is 7.51. The summed E-state index contributed by atoms with van der Waals surface area (Å²) in [4.78, 5) is 20.9. The summed E-state index contributed by atoms with van der Waals surface area (Å²) in [6, 6.07) is 16.6. The zero-order valence-electron chi connectivity index (χ0n) is 13.0. The summed E-state index contributed by atoms with van der Waals surface area (Å²) >= 11 is 6.20. The molecule has 7 heteroatoms. The number of para-hydroxylation sites is 2. The number of hydrogen-bond donors (Lipinski definition) is 2. The second-order valence-electron chi connectivity index (χ2n) is 5.00. The SMILES string of the molecule is CCc1nc(NNc2ccccc2)nc(=O)n1-c1ccccc1Cl. The Morgan fingerprint density at radius 3 is 2.42 bits per heavy atom. The van der Waals surface area contributed by atoms with Crippen molar-refractivity contribution in [2.45, 2.75) is 13.3 Å². The molecule has 3 rings (SSSR count). The maximum Gasteiger partial charge on any atom is 0.356 e. The number of anilines is 2. The van der Waals surface area contributed by atoms with Gasteiger partial charge in [-0.25, -0.2) is 9.36 Å². The van der Waals surface area contributed by atoms with Gasteiger partial charge in [-0.1, -0.05) is 48.9 Å². The van der Waals surface area contributed by atoms with E-state index in [1.54, 1.807) is 12.1 Å². The Balaban J connectivity index is 1.94. The monoisotopic (exact) mass is 341 g/mol. The number of aryl methyl sites for hydroxylation is 1. The van der Waals surface area contributed by atoms with Crippen molar-refractivity contribution >= 4 is 23.2 Å². The third-order valence-corrected chi connectivity index (χ3v) is 3.71. The summed E-state index contributed by atoms with van der Waals surface area (Å²) in [6.07, 6.45) is 0.559. The topological polar surface area (TPSA) is 71.8 Å². The van der Waals surface area contributed by atoms with Crippen LogP contribution in [0, 0.1) is 0 Å². The molecule has 0 spiro atoms. The van der Waals surface area contributed by atoms with E-state index in [1.807, 2.05) is 49.4 Å². The molecule has 0 saturated heterocycles. The van der Waals surface area contributed by atoms with Crippen LogP contribution in [0.5, 0.6) is 0 Å². The fraction of sp³-hybridized carbons (Fsp3) is 0.118. The van der Waals surface area contributed by atoms with E-state index in [4.69, 9.17) is 11.6 Å². The zero-order chi connectivity index (χ0) is 16.9. The predicted molar refractivity (Wildman–Crippen MR) is 95.7 cm³/mol. The molecule has 122 valence electrons. The molecule has 0 aliphatic heterocycles. The fourth-order valence-electron chi connectivity index (χ4n) is 2.27. The molecule has 2 N–H and O–H groups in total. The maximum atomic E-state index is 12.5. The third-order valence-electron chi connectivity index (χ3n) is 3.39. The average Bonchev–Trinajstić information content (AvgIpc) is 2.61. The molecule has 2 aromatic carbocycles. The van der Waals surface area contributed by atoms with E-state index < -0.39 is 5.69 Å². The summed E-state index contributed by atoms with van der Waals surface area (Å²) in [7, 11) is 0. The van der Waals surface area contributed by atoms with E-state index in [2.05, 4.69) is 20.8 Å². The smallest absolute Gasteiger partial charge is 0.298 e. The van der Waals surface area contributed by atoms with Crippen LogP contribution < -0.4 is 16.5 Å². The summed E-state index contributed by atoms with van der Waals surface area (Å²) < 4.78 is 1.43. The van der Waals surface area contributed by atoms with Crippen LogP contribution in [0.3, 0.4) is 0 Å². The van der Waals surface area contributed by atoms with Crippen LogP contribution in [0.15, 0.2) is 59.4 Å². The number of nitrogens with zero attached hydrogens (tertiary/aromatic N) is 3. The first-order chi connectivity index (χ1) is 11.7. The molecule has 0 bridgehead atoms. The number of rotatable bonds is 5. The highest BCUT2D eigenvalue weighted by Gasteiger charge is 2.12. The molecule has 0 saturated carbocycles. The van der Waals surface area contributed by atoms with Gasteiger partial charge in [0, 0.05) is 6.42 Å². The molecule has 24 heavy (non-hydrogen) atoms. The predicted octanol–water partition coefficient (Wildman–Crippen LogP) is 3.28. The fourth-order valence-corrected chi connectivity index (χ4v) is 2.49. The number of hydrogen-bond acceptors (Lipinski definition) is 5. The minimum atomic E-state index is -0.438. The highest BCUT2D eigenvalue weighted by Crippen LogP contribution is 2.19. The van der Waals surface area contributed by atoms with Crippen molar-refractivity contribution in [1.82, 2.24) is 14.5 Å². The lowest BCUT2D eigenvalue weighted by Gasteiger charge is -2.14. The largest absolute Gasteiger partial charge is 0.356 e. The van der Waals surface area contributed by atoms with Crippen LogP contribution >= 0.6 is 11.6 Å². The number of benzene rings is 2. The highest BCUT2D eigenvalue weighted by atomic mass is 35.5. The minimum absolute atomic E-state index is 0.212. The molecule has 0 amide bonds. The zero-order valence-corrected chi connectivity index (χ0v) is 13.8. The van der Waals surface area contributed by atoms with Crippen molar-refractivity contribution in [2.75, 3.05) is 10.9 Å². The molecule has 0 aliphatic carbocycles. The van der Waals surface area contributed by atoms with Gasteiger partial charge in [0.25, 0.3) is 0 Å². The van der Waals surface area contributed by atoms with Crippen molar-refractivity contribution < 1.29 is 0 Å². The second-order valence-corrected chi connectivity index (χ2v) is 5.41. The van der Waals surface area contributed by atoms with Crippen LogP contribution in [0.1, 0.15) is 12.7 Å². The highest BCUT2D eigenvalue weighted by molar-refractivity contribution is 6.32. The lowest BCUT2D eigenvalue weighted by molar-refractivity contribution is 0.772. The first-order valence-corrected chi connectivity index (χ1v) is 7.89. The van der Waals surface area contributed by atoms with Gasteiger partial charge in [0.05, 0.1) is 16.4 Å². The first kappa shape index (κ1) is 16.0. The Kier molecular flexibility index (Phi) is 4.77. The number of hydrazine groups is 1. The Bertz CT molecular complexity index is 895. The molecule has 1 aromatic heterocycles. The molecular weight excluding hydrogens is 326 g/mol. The van der Waals surface area contributed by atoms with Crippen LogP contribution in [0.2, 0.25) is 5.02 Å². The molecule has 0 fully saturated rings. The molecule has 0 atom stereocenters. The quantitative estimate of drug-likeness (QED) is 0.697. The molecule has 6 nitrogen and oxygen atoms in total. The van der Waals surface area contributed by atoms with E-state index >= 15 is 0 Å².